The van der Waals surface area contributed by atoms with E-state index >= 15 is 0 Å². The molecule has 1 aromatic rings. The van der Waals surface area contributed by atoms with Crippen molar-refractivity contribution in [1.29, 1.82) is 0 Å². The number of hydrogen-bond acceptors (Lipinski definition) is 4. The van der Waals surface area contributed by atoms with Crippen molar-refractivity contribution in [3.8, 4) is 0 Å². The van der Waals surface area contributed by atoms with Crippen LogP contribution in [0.25, 0.3) is 0 Å². The minimum absolute atomic E-state index is 0.128. The SMILES string of the molecule is CC[C@@H](CO)Cc1ccc(C2=NNC(=O)OC2)cc1C(F)(F)F. The minimum atomic E-state index is -4.52. The second-order valence-electron chi connectivity index (χ2n) is 5.28. The van der Waals surface area contributed by atoms with Gasteiger partial charge in [-0.3, -0.25) is 0 Å². The smallest absolute Gasteiger partial charge is 0.428 e. The lowest BCUT2D eigenvalue weighted by Gasteiger charge is -2.19. The van der Waals surface area contributed by atoms with Crippen LogP contribution < -0.4 is 5.43 Å². The zero-order valence-electron chi connectivity index (χ0n) is 12.5. The summed E-state index contributed by atoms with van der Waals surface area (Å²) in [4.78, 5) is 10.9. The maximum Gasteiger partial charge on any atom is 0.428 e. The highest BCUT2D eigenvalue weighted by molar-refractivity contribution is 6.03. The summed E-state index contributed by atoms with van der Waals surface area (Å²) in [5.74, 6) is -0.225. The first-order valence-corrected chi connectivity index (χ1v) is 7.15. The molecule has 2 rings (SSSR count). The number of halogens is 3. The van der Waals surface area contributed by atoms with Crippen molar-refractivity contribution in [2.45, 2.75) is 25.9 Å². The van der Waals surface area contributed by atoms with Gasteiger partial charge in [-0.2, -0.15) is 18.3 Å². The first-order chi connectivity index (χ1) is 10.8. The largest absolute Gasteiger partial charge is 0.442 e. The predicted octanol–water partition coefficient (Wildman–Crippen LogP) is 2.71. The molecule has 23 heavy (non-hydrogen) atoms. The summed E-state index contributed by atoms with van der Waals surface area (Å²) in [6.07, 6.45) is -4.53. The second-order valence-corrected chi connectivity index (χ2v) is 5.28. The fourth-order valence-electron chi connectivity index (χ4n) is 2.31. The molecule has 1 atom stereocenters. The molecule has 1 aliphatic heterocycles. The number of alkyl halides is 3. The molecule has 1 amide bonds. The van der Waals surface area contributed by atoms with Crippen LogP contribution in [-0.4, -0.2) is 30.1 Å². The van der Waals surface area contributed by atoms with Crippen molar-refractivity contribution in [2.75, 3.05) is 13.2 Å². The molecule has 1 heterocycles. The van der Waals surface area contributed by atoms with Gasteiger partial charge in [0, 0.05) is 12.2 Å². The van der Waals surface area contributed by atoms with Crippen LogP contribution in [0.2, 0.25) is 0 Å². The van der Waals surface area contributed by atoms with Gasteiger partial charge in [0.05, 0.1) is 5.56 Å². The quantitative estimate of drug-likeness (QED) is 0.872. The van der Waals surface area contributed by atoms with Gasteiger partial charge < -0.3 is 9.84 Å². The Balaban J connectivity index is 2.37. The number of hydrogen-bond donors (Lipinski definition) is 2. The van der Waals surface area contributed by atoms with E-state index in [1.807, 2.05) is 6.92 Å². The van der Waals surface area contributed by atoms with Crippen molar-refractivity contribution in [2.24, 2.45) is 11.0 Å². The average molecular weight is 330 g/mol. The fourth-order valence-corrected chi connectivity index (χ4v) is 2.31. The summed E-state index contributed by atoms with van der Waals surface area (Å²) < 4.78 is 44.6. The summed E-state index contributed by atoms with van der Waals surface area (Å²) >= 11 is 0. The monoisotopic (exact) mass is 330 g/mol. The molecule has 5 nitrogen and oxygen atoms in total. The molecule has 1 aromatic carbocycles. The number of ether oxygens (including phenoxy) is 1. The Bertz CT molecular complexity index is 610. The third-order valence-electron chi connectivity index (χ3n) is 3.71. The van der Waals surface area contributed by atoms with Crippen LogP contribution in [0, 0.1) is 5.92 Å². The van der Waals surface area contributed by atoms with E-state index in [0.717, 1.165) is 6.07 Å². The van der Waals surface area contributed by atoms with Crippen molar-refractivity contribution in [3.05, 3.63) is 34.9 Å². The van der Waals surface area contributed by atoms with E-state index in [1.54, 1.807) is 0 Å². The Morgan fingerprint density at radius 3 is 2.70 bits per heavy atom. The third kappa shape index (κ3) is 4.22. The number of carbonyl (C=O) groups excluding carboxylic acids is 1. The van der Waals surface area contributed by atoms with Crippen molar-refractivity contribution < 1.29 is 27.8 Å². The van der Waals surface area contributed by atoms with E-state index in [4.69, 9.17) is 4.74 Å². The van der Waals surface area contributed by atoms with Gasteiger partial charge in [-0.25, -0.2) is 10.2 Å². The second kappa shape index (κ2) is 6.99. The lowest BCUT2D eigenvalue weighted by Crippen LogP contribution is -2.31. The number of amides is 1. The van der Waals surface area contributed by atoms with Gasteiger partial charge >= 0.3 is 12.3 Å². The first-order valence-electron chi connectivity index (χ1n) is 7.15. The Morgan fingerprint density at radius 1 is 1.43 bits per heavy atom. The van der Waals surface area contributed by atoms with Crippen molar-refractivity contribution in [1.82, 2.24) is 5.43 Å². The number of aliphatic hydroxyl groups excluding tert-OH is 1. The normalized spacial score (nSPS) is 16.4. The van der Waals surface area contributed by atoms with Gasteiger partial charge in [0.25, 0.3) is 0 Å². The number of cyclic esters (lactones) is 1. The van der Waals surface area contributed by atoms with Gasteiger partial charge in [0.15, 0.2) is 0 Å². The van der Waals surface area contributed by atoms with E-state index in [0.29, 0.717) is 6.42 Å². The van der Waals surface area contributed by atoms with Gasteiger partial charge in [-0.05, 0) is 24.0 Å². The molecule has 0 bridgehead atoms. The Morgan fingerprint density at radius 2 is 2.17 bits per heavy atom. The highest BCUT2D eigenvalue weighted by Crippen LogP contribution is 2.34. The van der Waals surface area contributed by atoms with Crippen LogP contribution >= 0.6 is 0 Å². The van der Waals surface area contributed by atoms with E-state index < -0.39 is 17.8 Å². The predicted molar refractivity (Wildman–Crippen MR) is 77.0 cm³/mol. The molecule has 0 radical (unpaired) electrons. The molecule has 0 spiro atoms. The van der Waals surface area contributed by atoms with Crippen LogP contribution in [0.15, 0.2) is 23.3 Å². The zero-order chi connectivity index (χ0) is 17.0. The van der Waals surface area contributed by atoms with Crippen molar-refractivity contribution in [3.63, 3.8) is 0 Å². The molecule has 0 unspecified atom stereocenters. The standard InChI is InChI=1S/C15H17F3N2O3/c1-2-9(7-21)5-10-3-4-11(6-12(10)15(16,17)18)13-8-23-14(22)20-19-13/h3-4,6,9,21H,2,5,7-8H2,1H3,(H,20,22)/t9-/m1/s1. The minimum Gasteiger partial charge on any atom is -0.442 e. The molecule has 1 aliphatic rings. The third-order valence-corrected chi connectivity index (χ3v) is 3.71. The van der Waals surface area contributed by atoms with E-state index in [9.17, 15) is 23.1 Å². The number of nitrogens with one attached hydrogen (secondary N) is 1. The average Bonchev–Trinajstić information content (AvgIpc) is 2.52. The van der Waals surface area contributed by atoms with Crippen molar-refractivity contribution >= 4 is 11.8 Å². The molecule has 2 N–H and O–H groups in total. The lowest BCUT2D eigenvalue weighted by atomic mass is 9.92. The first kappa shape index (κ1) is 17.3. The molecule has 0 aromatic heterocycles. The number of rotatable bonds is 5. The number of nitrogens with zero attached hydrogens (tertiary/aromatic N) is 1. The zero-order valence-corrected chi connectivity index (χ0v) is 12.5. The molecule has 0 saturated carbocycles. The molecular weight excluding hydrogens is 313 g/mol. The van der Waals surface area contributed by atoms with Crippen LogP contribution in [0.5, 0.6) is 0 Å². The Labute approximate surface area is 131 Å². The Hall–Kier alpha value is -2.09. The Kier molecular flexibility index (Phi) is 5.25. The van der Waals surface area contributed by atoms with Crippen LogP contribution in [-0.2, 0) is 17.3 Å². The molecule has 126 valence electrons. The number of benzene rings is 1. The van der Waals surface area contributed by atoms with Crippen LogP contribution in [0.3, 0.4) is 0 Å². The summed E-state index contributed by atoms with van der Waals surface area (Å²) in [7, 11) is 0. The highest BCUT2D eigenvalue weighted by Gasteiger charge is 2.34. The fraction of sp³-hybridized carbons (Fsp3) is 0.467. The van der Waals surface area contributed by atoms with Gasteiger partial charge in [-0.1, -0.05) is 25.5 Å². The highest BCUT2D eigenvalue weighted by atomic mass is 19.4. The molecule has 0 saturated heterocycles. The van der Waals surface area contributed by atoms with Gasteiger partial charge in [-0.15, -0.1) is 0 Å². The lowest BCUT2D eigenvalue weighted by molar-refractivity contribution is -0.138. The van der Waals surface area contributed by atoms with Gasteiger partial charge in [0.2, 0.25) is 0 Å². The topological polar surface area (TPSA) is 70.9 Å². The molecular formula is C15H17F3N2O3. The number of hydrazone groups is 1. The summed E-state index contributed by atoms with van der Waals surface area (Å²) in [6, 6.07) is 3.89. The molecule has 0 aliphatic carbocycles. The maximum absolute atomic E-state index is 13.3. The van der Waals surface area contributed by atoms with E-state index in [1.165, 1.54) is 12.1 Å². The number of carbonyl (C=O) groups is 1. The molecule has 8 heteroatoms. The molecule has 0 fully saturated rings. The summed E-state index contributed by atoms with van der Waals surface area (Å²) in [5, 5.41) is 12.9. The van der Waals surface area contributed by atoms with Gasteiger partial charge in [0.1, 0.15) is 12.3 Å². The van der Waals surface area contributed by atoms with E-state index in [2.05, 4.69) is 10.5 Å². The number of aliphatic hydroxyl groups is 1. The van der Waals surface area contributed by atoms with Crippen LogP contribution in [0.4, 0.5) is 18.0 Å². The van der Waals surface area contributed by atoms with E-state index in [-0.39, 0.29) is 42.4 Å². The summed E-state index contributed by atoms with van der Waals surface area (Å²) in [5.41, 5.74) is 1.88. The maximum atomic E-state index is 13.3. The van der Waals surface area contributed by atoms with Crippen LogP contribution in [0.1, 0.15) is 30.0 Å². The summed E-state index contributed by atoms with van der Waals surface area (Å²) in [6.45, 7) is 1.47.